The maximum absolute atomic E-state index is 15.8. The van der Waals surface area contributed by atoms with Crippen LogP contribution in [0.15, 0.2) is 22.8 Å². The van der Waals surface area contributed by atoms with Crippen LogP contribution in [-0.2, 0) is 36.1 Å². The number of ether oxygens (including phenoxy) is 1. The predicted octanol–water partition coefficient (Wildman–Crippen LogP) is 12.2. The summed E-state index contributed by atoms with van der Waals surface area (Å²) >= 11 is 0. The average Bonchev–Trinajstić information content (AvgIpc) is 3.17. The summed E-state index contributed by atoms with van der Waals surface area (Å²) in [6, 6.07) is 3.13. The minimum Gasteiger partial charge on any atom is -0.377 e. The molecule has 0 aliphatic heterocycles. The zero-order valence-corrected chi connectivity index (χ0v) is 46.5. The van der Waals surface area contributed by atoms with Crippen LogP contribution in [0.4, 0.5) is 30.7 Å². The molecule has 9 nitrogen and oxygen atoms in total. The van der Waals surface area contributed by atoms with E-state index in [1.54, 1.807) is 42.7 Å². The standard InChI is InChI=1S/C40H82F7NO8Si6/c1-35(57(9,10)29-25-21-17-19-23-27-31-61(50-3,51-4)52-5)59(13,14)33-48(37(49)38(41,39(42,43)44)56-40(45,46)47)34-60(15,16)36(2)58(11,12)30-26-22-18-20-24-28-32-62(53-6,54-7)55-8/h1-2,17-34H2,3-16H3. The summed E-state index contributed by atoms with van der Waals surface area (Å²) in [5.41, 5.74) is 0. The molecule has 0 radical (unpaired) electrons. The van der Waals surface area contributed by atoms with Crippen molar-refractivity contribution in [2.24, 2.45) is 0 Å². The highest BCUT2D eigenvalue weighted by Gasteiger charge is 2.69. The number of hydrogen-bond donors (Lipinski definition) is 0. The largest absolute Gasteiger partial charge is 0.525 e. The minimum absolute atomic E-state index is 0.340. The van der Waals surface area contributed by atoms with Gasteiger partial charge in [0.15, 0.2) is 0 Å². The molecular weight excluding hydrogens is 924 g/mol. The smallest absolute Gasteiger partial charge is 0.377 e. The lowest BCUT2D eigenvalue weighted by Crippen LogP contribution is -2.65. The van der Waals surface area contributed by atoms with Gasteiger partial charge in [0.1, 0.15) is 0 Å². The average molecular weight is 1010 g/mol. The van der Waals surface area contributed by atoms with E-state index in [-0.39, 0.29) is 12.3 Å². The zero-order valence-electron chi connectivity index (χ0n) is 40.5. The Balaban J connectivity index is 6.04. The van der Waals surface area contributed by atoms with Gasteiger partial charge in [0, 0.05) is 67.1 Å². The number of carbonyl (C=O) groups excluding carboxylic acids is 1. The second kappa shape index (κ2) is 26.1. The Kier molecular flexibility index (Phi) is 25.9. The molecule has 0 heterocycles. The molecular formula is C40H82F7NO8Si6. The molecule has 22 heteroatoms. The van der Waals surface area contributed by atoms with Gasteiger partial charge in [-0.2, -0.15) is 17.6 Å². The molecule has 62 heavy (non-hydrogen) atoms. The van der Waals surface area contributed by atoms with Gasteiger partial charge >= 0.3 is 36.0 Å². The molecule has 0 N–H and O–H groups in total. The van der Waals surface area contributed by atoms with E-state index in [1.807, 2.05) is 26.2 Å². The molecule has 0 aromatic rings. The Hall–Kier alpha value is -0.519. The first-order valence-electron chi connectivity index (χ1n) is 21.8. The van der Waals surface area contributed by atoms with E-state index in [1.165, 1.54) is 0 Å². The van der Waals surface area contributed by atoms with E-state index in [4.69, 9.17) is 26.6 Å². The summed E-state index contributed by atoms with van der Waals surface area (Å²) in [5, 5.41) is 0. The first-order chi connectivity index (χ1) is 28.3. The second-order valence-corrected chi connectivity index (χ2v) is 45.4. The van der Waals surface area contributed by atoms with E-state index in [9.17, 15) is 31.1 Å². The van der Waals surface area contributed by atoms with Gasteiger partial charge in [-0.25, -0.2) is 4.74 Å². The molecule has 0 bridgehead atoms. The quantitative estimate of drug-likeness (QED) is 0.0358. The maximum atomic E-state index is 15.8. The Morgan fingerprint density at radius 2 is 0.710 bits per heavy atom. The molecule has 1 unspecified atom stereocenters. The number of rotatable bonds is 34. The van der Waals surface area contributed by atoms with Crippen LogP contribution >= 0.6 is 0 Å². The van der Waals surface area contributed by atoms with Gasteiger partial charge in [0.25, 0.3) is 5.91 Å². The summed E-state index contributed by atoms with van der Waals surface area (Å²) in [6.45, 7) is 24.7. The number of carbonyl (C=O) groups is 1. The molecule has 1 atom stereocenters. The zero-order chi connectivity index (χ0) is 48.5. The van der Waals surface area contributed by atoms with E-state index in [2.05, 4.69) is 44.1 Å². The normalized spacial score (nSPS) is 14.9. The maximum Gasteiger partial charge on any atom is 0.525 e. The third kappa shape index (κ3) is 19.4. The van der Waals surface area contributed by atoms with Crippen molar-refractivity contribution in [1.82, 2.24) is 4.90 Å². The van der Waals surface area contributed by atoms with Gasteiger partial charge in [0.05, 0.1) is 32.3 Å². The summed E-state index contributed by atoms with van der Waals surface area (Å²) in [7, 11) is -6.17. The second-order valence-electron chi connectivity index (χ2n) is 19.1. The van der Waals surface area contributed by atoms with E-state index < -0.39 is 74.2 Å². The number of amides is 1. The first-order valence-corrected chi connectivity index (χ1v) is 38.5. The topological polar surface area (TPSA) is 84.9 Å². The molecule has 0 aromatic carbocycles. The first kappa shape index (κ1) is 61.5. The van der Waals surface area contributed by atoms with Gasteiger partial charge in [-0.05, 0) is 12.8 Å². The number of alkyl halides is 7. The fourth-order valence-electron chi connectivity index (χ4n) is 8.41. The van der Waals surface area contributed by atoms with Gasteiger partial charge in [-0.3, -0.25) is 4.79 Å². The Labute approximate surface area is 375 Å². The van der Waals surface area contributed by atoms with Crippen LogP contribution in [0.25, 0.3) is 0 Å². The van der Waals surface area contributed by atoms with Crippen molar-refractivity contribution in [2.75, 3.05) is 55.0 Å². The van der Waals surface area contributed by atoms with E-state index in [0.29, 0.717) is 4.90 Å². The molecule has 0 aliphatic carbocycles. The lowest BCUT2D eigenvalue weighted by Gasteiger charge is -2.44. The van der Waals surface area contributed by atoms with Crippen LogP contribution in [0, 0.1) is 0 Å². The summed E-state index contributed by atoms with van der Waals surface area (Å²) in [5.74, 6) is -8.01. The van der Waals surface area contributed by atoms with E-state index in [0.717, 1.165) is 111 Å². The fourth-order valence-corrected chi connectivity index (χ4v) is 33.8. The van der Waals surface area contributed by atoms with Crippen LogP contribution in [0.1, 0.15) is 77.0 Å². The fraction of sp³-hybridized carbons (Fsp3) is 0.875. The monoisotopic (exact) mass is 1010 g/mol. The predicted molar refractivity (Wildman–Crippen MR) is 250 cm³/mol. The number of nitrogens with zero attached hydrogens (tertiary/aromatic N) is 1. The van der Waals surface area contributed by atoms with Crippen LogP contribution in [0.3, 0.4) is 0 Å². The molecule has 1 amide bonds. The third-order valence-corrected chi connectivity index (χ3v) is 38.4. The van der Waals surface area contributed by atoms with Crippen LogP contribution in [-0.4, -0.2) is 134 Å². The molecule has 0 aliphatic rings. The molecule has 368 valence electrons. The summed E-state index contributed by atoms with van der Waals surface area (Å²) in [4.78, 5) is 16.2. The van der Waals surface area contributed by atoms with Gasteiger partial charge in [0.2, 0.25) is 0 Å². The van der Waals surface area contributed by atoms with Gasteiger partial charge in [-0.1, -0.05) is 138 Å². The van der Waals surface area contributed by atoms with Crippen molar-refractivity contribution in [2.45, 2.75) is 172 Å². The highest BCUT2D eigenvalue weighted by Crippen LogP contribution is 2.42. The van der Waals surface area contributed by atoms with Crippen LogP contribution in [0.2, 0.25) is 76.6 Å². The van der Waals surface area contributed by atoms with Crippen molar-refractivity contribution >= 4 is 55.8 Å². The van der Waals surface area contributed by atoms with Crippen molar-refractivity contribution in [1.29, 1.82) is 0 Å². The van der Waals surface area contributed by atoms with Crippen molar-refractivity contribution in [3.8, 4) is 0 Å². The van der Waals surface area contributed by atoms with Crippen molar-refractivity contribution in [3.05, 3.63) is 22.8 Å². The summed E-state index contributed by atoms with van der Waals surface area (Å²) in [6.07, 6.45) is -1.49. The molecule has 0 rings (SSSR count). The van der Waals surface area contributed by atoms with E-state index >= 15 is 4.39 Å². The Morgan fingerprint density at radius 3 is 0.952 bits per heavy atom. The number of unbranched alkanes of at least 4 members (excludes halogenated alkanes) is 10. The summed E-state index contributed by atoms with van der Waals surface area (Å²) < 4.78 is 135. The Bertz CT molecular complexity index is 1280. The molecule has 0 aromatic heterocycles. The minimum atomic E-state index is -6.30. The van der Waals surface area contributed by atoms with Crippen molar-refractivity contribution < 1.29 is 66.8 Å². The lowest BCUT2D eigenvalue weighted by molar-refractivity contribution is -0.434. The van der Waals surface area contributed by atoms with Crippen molar-refractivity contribution in [3.63, 3.8) is 0 Å². The molecule has 0 saturated heterocycles. The molecule has 0 saturated carbocycles. The molecule has 0 fully saturated rings. The number of hydrogen-bond acceptors (Lipinski definition) is 8. The third-order valence-electron chi connectivity index (χ3n) is 12.6. The van der Waals surface area contributed by atoms with Gasteiger partial charge in [-0.15, -0.1) is 26.3 Å². The highest BCUT2D eigenvalue weighted by molar-refractivity contribution is 7.06. The SMILES string of the molecule is C=C([Si](C)(C)CCCCCCCC[Si](OC)(OC)OC)[Si](C)(C)CN(C[Si](C)(C)C(=C)[Si](C)(C)CCCCCCCC[Si](OC)(OC)OC)C(=O)C(F)(OC(F)(F)F)C(F)(F)F. The lowest BCUT2D eigenvalue weighted by atomic mass is 10.1. The Morgan fingerprint density at radius 1 is 0.452 bits per heavy atom. The highest BCUT2D eigenvalue weighted by atomic mass is 28.4. The van der Waals surface area contributed by atoms with Crippen LogP contribution < -0.4 is 0 Å². The van der Waals surface area contributed by atoms with Crippen LogP contribution in [0.5, 0.6) is 0 Å². The molecule has 0 spiro atoms. The number of halogens is 7. The van der Waals surface area contributed by atoms with Gasteiger partial charge < -0.3 is 31.5 Å².